The summed E-state index contributed by atoms with van der Waals surface area (Å²) in [6, 6.07) is 3.94. The van der Waals surface area contributed by atoms with E-state index in [4.69, 9.17) is 5.11 Å². The normalized spacial score (nSPS) is 13.0. The molecule has 0 bridgehead atoms. The highest BCUT2D eigenvalue weighted by molar-refractivity contribution is 7.89. The van der Waals surface area contributed by atoms with Gasteiger partial charge < -0.3 is 5.11 Å². The smallest absolute Gasteiger partial charge is 0.321 e. The van der Waals surface area contributed by atoms with Crippen molar-refractivity contribution in [3.05, 3.63) is 36.3 Å². The average molecular weight is 310 g/mol. The number of carboxylic acid groups (broad SMARTS) is 1. The number of nitrogens with one attached hydrogen (secondary N) is 1. The topological polar surface area (TPSA) is 114 Å². The molecule has 0 aliphatic carbocycles. The highest BCUT2D eigenvalue weighted by Crippen LogP contribution is 2.17. The Balaban J connectivity index is 2.39. The van der Waals surface area contributed by atoms with Crippen molar-refractivity contribution in [1.29, 1.82) is 0 Å². The van der Waals surface area contributed by atoms with Crippen molar-refractivity contribution >= 4 is 16.0 Å². The van der Waals surface area contributed by atoms with Gasteiger partial charge in [-0.3, -0.25) is 4.79 Å². The van der Waals surface area contributed by atoms with E-state index in [1.54, 1.807) is 31.3 Å². The summed E-state index contributed by atoms with van der Waals surface area (Å²) in [4.78, 5) is 14.8. The Morgan fingerprint density at radius 3 is 2.71 bits per heavy atom. The van der Waals surface area contributed by atoms with Crippen LogP contribution in [0.4, 0.5) is 0 Å². The lowest BCUT2D eigenvalue weighted by molar-refractivity contribution is -0.138. The molecule has 0 saturated carbocycles. The van der Waals surface area contributed by atoms with E-state index in [1.807, 2.05) is 0 Å². The number of aliphatic carboxylic acids is 1. The van der Waals surface area contributed by atoms with Crippen LogP contribution in [0.1, 0.15) is 12.6 Å². The second kappa shape index (κ2) is 5.62. The molecule has 2 aromatic heterocycles. The summed E-state index contributed by atoms with van der Waals surface area (Å²) in [7, 11) is -3.96. The van der Waals surface area contributed by atoms with Crippen LogP contribution in [0, 0.1) is 6.92 Å². The second-order valence-corrected chi connectivity index (χ2v) is 6.06. The highest BCUT2D eigenvalue weighted by atomic mass is 32.2. The number of aromatic nitrogens is 3. The minimum atomic E-state index is -3.96. The van der Waals surface area contributed by atoms with E-state index in [0.717, 1.165) is 0 Å². The van der Waals surface area contributed by atoms with Crippen LogP contribution in [-0.2, 0) is 14.8 Å². The fraction of sp³-hybridized carbons (Fsp3) is 0.250. The van der Waals surface area contributed by atoms with Gasteiger partial charge in [0.1, 0.15) is 10.9 Å². The molecule has 0 amide bonds. The maximum Gasteiger partial charge on any atom is 0.321 e. The molecular weight excluding hydrogens is 296 g/mol. The number of nitrogens with zero attached hydrogens (tertiary/aromatic N) is 3. The van der Waals surface area contributed by atoms with E-state index in [1.165, 1.54) is 17.8 Å². The van der Waals surface area contributed by atoms with Gasteiger partial charge in [-0.05, 0) is 26.0 Å². The Hall–Kier alpha value is -2.26. The number of hydrogen-bond acceptors (Lipinski definition) is 5. The van der Waals surface area contributed by atoms with Gasteiger partial charge in [0.2, 0.25) is 10.0 Å². The molecule has 0 spiro atoms. The van der Waals surface area contributed by atoms with Crippen molar-refractivity contribution < 1.29 is 18.3 Å². The summed E-state index contributed by atoms with van der Waals surface area (Å²) in [6.07, 6.45) is 2.73. The molecule has 0 saturated heterocycles. The Kier molecular flexibility index (Phi) is 4.05. The summed E-state index contributed by atoms with van der Waals surface area (Å²) >= 11 is 0. The molecule has 1 atom stereocenters. The summed E-state index contributed by atoms with van der Waals surface area (Å²) < 4.78 is 27.8. The van der Waals surface area contributed by atoms with Crippen molar-refractivity contribution in [3.8, 4) is 5.82 Å². The Morgan fingerprint density at radius 2 is 2.14 bits per heavy atom. The van der Waals surface area contributed by atoms with E-state index in [9.17, 15) is 13.2 Å². The molecule has 2 aromatic rings. The lowest BCUT2D eigenvalue weighted by Crippen LogP contribution is -2.38. The zero-order chi connectivity index (χ0) is 15.6. The van der Waals surface area contributed by atoms with Gasteiger partial charge in [-0.1, -0.05) is 6.07 Å². The number of rotatable bonds is 5. The van der Waals surface area contributed by atoms with Gasteiger partial charge >= 0.3 is 5.97 Å². The fourth-order valence-electron chi connectivity index (χ4n) is 1.72. The molecule has 2 heterocycles. The van der Waals surface area contributed by atoms with Crippen molar-refractivity contribution in [2.24, 2.45) is 0 Å². The summed E-state index contributed by atoms with van der Waals surface area (Å²) in [6.45, 7) is 2.82. The van der Waals surface area contributed by atoms with Crippen molar-refractivity contribution in [1.82, 2.24) is 19.5 Å². The Labute approximate surface area is 121 Å². The maximum absolute atomic E-state index is 12.2. The average Bonchev–Trinajstić information content (AvgIpc) is 2.81. The summed E-state index contributed by atoms with van der Waals surface area (Å²) in [5.41, 5.74) is 0.346. The molecule has 21 heavy (non-hydrogen) atoms. The number of hydrogen-bond donors (Lipinski definition) is 2. The van der Waals surface area contributed by atoms with E-state index in [-0.39, 0.29) is 4.90 Å². The van der Waals surface area contributed by atoms with Gasteiger partial charge in [0.25, 0.3) is 0 Å². The molecule has 0 radical (unpaired) electrons. The maximum atomic E-state index is 12.2. The molecule has 8 nitrogen and oxygen atoms in total. The molecule has 9 heteroatoms. The van der Waals surface area contributed by atoms with Crippen LogP contribution >= 0.6 is 0 Å². The predicted octanol–water partition coefficient (Wildman–Crippen LogP) is 0.327. The first-order valence-electron chi connectivity index (χ1n) is 6.04. The monoisotopic (exact) mass is 310 g/mol. The second-order valence-electron chi connectivity index (χ2n) is 4.38. The highest BCUT2D eigenvalue weighted by Gasteiger charge is 2.25. The van der Waals surface area contributed by atoms with Crippen molar-refractivity contribution in [2.75, 3.05) is 0 Å². The van der Waals surface area contributed by atoms with Gasteiger partial charge in [0, 0.05) is 6.20 Å². The molecule has 0 aliphatic rings. The minimum absolute atomic E-state index is 0.0822. The Bertz CT molecular complexity index is 755. The van der Waals surface area contributed by atoms with E-state index in [2.05, 4.69) is 14.8 Å². The van der Waals surface area contributed by atoms with Crippen LogP contribution < -0.4 is 4.72 Å². The van der Waals surface area contributed by atoms with Gasteiger partial charge in [0.05, 0.1) is 11.9 Å². The Morgan fingerprint density at radius 1 is 1.43 bits per heavy atom. The van der Waals surface area contributed by atoms with E-state index >= 15 is 0 Å². The van der Waals surface area contributed by atoms with Crippen LogP contribution in [0.5, 0.6) is 0 Å². The minimum Gasteiger partial charge on any atom is -0.480 e. The third kappa shape index (κ3) is 3.09. The SMILES string of the molecule is Cc1c(S(=O)(=O)N[C@H](C)C(=O)O)cnn1-c1ccccn1. The summed E-state index contributed by atoms with van der Waals surface area (Å²) in [5.74, 6) is -0.781. The van der Waals surface area contributed by atoms with Gasteiger partial charge in [-0.2, -0.15) is 9.82 Å². The molecule has 112 valence electrons. The van der Waals surface area contributed by atoms with Gasteiger partial charge in [0.15, 0.2) is 5.82 Å². The number of pyridine rings is 1. The number of carbonyl (C=O) groups is 1. The molecule has 0 fully saturated rings. The van der Waals surface area contributed by atoms with Crippen molar-refractivity contribution in [3.63, 3.8) is 0 Å². The van der Waals surface area contributed by atoms with E-state index in [0.29, 0.717) is 11.5 Å². The summed E-state index contributed by atoms with van der Waals surface area (Å²) in [5, 5.41) is 12.8. The largest absolute Gasteiger partial charge is 0.480 e. The van der Waals surface area contributed by atoms with Crippen LogP contribution in [0.2, 0.25) is 0 Å². The zero-order valence-corrected chi connectivity index (χ0v) is 12.2. The lowest BCUT2D eigenvalue weighted by atomic mass is 10.4. The van der Waals surface area contributed by atoms with Crippen LogP contribution in [0.25, 0.3) is 5.82 Å². The molecule has 0 aromatic carbocycles. The first-order chi connectivity index (χ1) is 9.83. The third-order valence-electron chi connectivity index (χ3n) is 2.82. The number of sulfonamides is 1. The van der Waals surface area contributed by atoms with E-state index < -0.39 is 22.0 Å². The van der Waals surface area contributed by atoms with Gasteiger partial charge in [-0.25, -0.2) is 18.1 Å². The first-order valence-corrected chi connectivity index (χ1v) is 7.52. The van der Waals surface area contributed by atoms with Crippen molar-refractivity contribution in [2.45, 2.75) is 24.8 Å². The quantitative estimate of drug-likeness (QED) is 0.822. The molecule has 2 N–H and O–H groups in total. The van der Waals surface area contributed by atoms with Gasteiger partial charge in [-0.15, -0.1) is 0 Å². The van der Waals surface area contributed by atoms with Crippen LogP contribution in [0.15, 0.2) is 35.5 Å². The fourth-order valence-corrected chi connectivity index (χ4v) is 3.07. The standard InChI is InChI=1S/C12H14N4O4S/c1-8(12(17)18)15-21(19,20)10-7-14-16(9(10)2)11-5-3-4-6-13-11/h3-8,15H,1-2H3,(H,17,18)/t8-/m1/s1. The lowest BCUT2D eigenvalue weighted by Gasteiger charge is -2.10. The first kappa shape index (κ1) is 15.1. The number of carboxylic acids is 1. The molecule has 0 aliphatic heterocycles. The molecule has 0 unspecified atom stereocenters. The predicted molar refractivity (Wildman–Crippen MR) is 73.5 cm³/mol. The van der Waals surface area contributed by atoms with Crippen LogP contribution in [-0.4, -0.2) is 40.3 Å². The third-order valence-corrected chi connectivity index (χ3v) is 4.47. The molecule has 2 rings (SSSR count). The zero-order valence-electron chi connectivity index (χ0n) is 11.4. The molecular formula is C12H14N4O4S. The van der Waals surface area contributed by atoms with Crippen LogP contribution in [0.3, 0.4) is 0 Å².